The number of carbonyl (C=O) groups is 1. The number of hydrogen-bond acceptors (Lipinski definition) is 2. The van der Waals surface area contributed by atoms with E-state index in [4.69, 9.17) is 5.73 Å². The first-order valence-corrected chi connectivity index (χ1v) is 7.34. The zero-order valence-electron chi connectivity index (χ0n) is 11.6. The second-order valence-electron chi connectivity index (χ2n) is 5.97. The number of piperidine rings is 1. The topological polar surface area (TPSA) is 46.3 Å². The lowest BCUT2D eigenvalue weighted by atomic mass is 9.91. The maximum absolute atomic E-state index is 12.7. The third-order valence-electron chi connectivity index (χ3n) is 4.78. The molecule has 1 amide bonds. The molecule has 1 aliphatic carbocycles. The zero-order chi connectivity index (χ0) is 13.4. The van der Waals surface area contributed by atoms with E-state index in [1.165, 1.54) is 25.7 Å². The van der Waals surface area contributed by atoms with Crippen LogP contribution in [0.5, 0.6) is 0 Å². The van der Waals surface area contributed by atoms with E-state index in [-0.39, 0.29) is 5.91 Å². The lowest BCUT2D eigenvalue weighted by Gasteiger charge is -2.38. The molecule has 1 saturated heterocycles. The molecule has 19 heavy (non-hydrogen) atoms. The van der Waals surface area contributed by atoms with Crippen molar-refractivity contribution in [1.29, 1.82) is 0 Å². The van der Waals surface area contributed by atoms with Gasteiger partial charge in [-0.15, -0.1) is 0 Å². The number of hydrogen-bond donors (Lipinski definition) is 1. The van der Waals surface area contributed by atoms with Gasteiger partial charge in [0.05, 0.1) is 0 Å². The van der Waals surface area contributed by atoms with Crippen LogP contribution in [0.1, 0.15) is 48.0 Å². The fourth-order valence-electron chi connectivity index (χ4n) is 3.65. The van der Waals surface area contributed by atoms with E-state index in [1.807, 2.05) is 25.1 Å². The largest absolute Gasteiger partial charge is 0.398 e. The van der Waals surface area contributed by atoms with Crippen molar-refractivity contribution in [2.24, 2.45) is 5.92 Å². The fraction of sp³-hybridized carbons (Fsp3) is 0.562. The summed E-state index contributed by atoms with van der Waals surface area (Å²) >= 11 is 0. The van der Waals surface area contributed by atoms with Crippen molar-refractivity contribution < 1.29 is 4.79 Å². The highest BCUT2D eigenvalue weighted by Gasteiger charge is 2.37. The minimum absolute atomic E-state index is 0.170. The Morgan fingerprint density at radius 2 is 2.05 bits per heavy atom. The zero-order valence-corrected chi connectivity index (χ0v) is 11.6. The molecule has 102 valence electrons. The van der Waals surface area contributed by atoms with Crippen molar-refractivity contribution in [1.82, 2.24) is 4.90 Å². The highest BCUT2D eigenvalue weighted by atomic mass is 16.2. The van der Waals surface area contributed by atoms with Crippen LogP contribution in [0.2, 0.25) is 0 Å². The van der Waals surface area contributed by atoms with Crippen LogP contribution in [0.3, 0.4) is 0 Å². The van der Waals surface area contributed by atoms with E-state index in [0.29, 0.717) is 11.7 Å². The van der Waals surface area contributed by atoms with Crippen molar-refractivity contribution >= 4 is 11.6 Å². The van der Waals surface area contributed by atoms with E-state index in [0.717, 1.165) is 30.0 Å². The molecule has 2 fully saturated rings. The van der Waals surface area contributed by atoms with Crippen LogP contribution in [0.25, 0.3) is 0 Å². The average molecular weight is 258 g/mol. The van der Waals surface area contributed by atoms with Crippen LogP contribution >= 0.6 is 0 Å². The molecular formula is C16H22N2O. The first-order valence-electron chi connectivity index (χ1n) is 7.34. The molecule has 3 rings (SSSR count). The fourth-order valence-corrected chi connectivity index (χ4v) is 3.65. The van der Waals surface area contributed by atoms with Gasteiger partial charge in [0.25, 0.3) is 5.91 Å². The van der Waals surface area contributed by atoms with Gasteiger partial charge in [-0.3, -0.25) is 4.79 Å². The number of likely N-dealkylation sites (tertiary alicyclic amines) is 1. The van der Waals surface area contributed by atoms with Crippen LogP contribution in [0, 0.1) is 12.8 Å². The quantitative estimate of drug-likeness (QED) is 0.787. The van der Waals surface area contributed by atoms with Gasteiger partial charge in [-0.2, -0.15) is 0 Å². The Bertz CT molecular complexity index is 498. The minimum atomic E-state index is 0.170. The molecule has 1 aromatic carbocycles. The molecule has 1 heterocycles. The number of nitrogen functional groups attached to an aromatic ring is 1. The Kier molecular flexibility index (Phi) is 3.21. The van der Waals surface area contributed by atoms with Gasteiger partial charge in [0, 0.05) is 23.8 Å². The number of nitrogens with zero attached hydrogens (tertiary/aromatic N) is 1. The van der Waals surface area contributed by atoms with Crippen molar-refractivity contribution in [2.45, 2.75) is 45.1 Å². The van der Waals surface area contributed by atoms with Gasteiger partial charge in [-0.1, -0.05) is 12.5 Å². The molecule has 0 spiro atoms. The van der Waals surface area contributed by atoms with Crippen molar-refractivity contribution in [3.05, 3.63) is 29.3 Å². The Balaban J connectivity index is 1.84. The van der Waals surface area contributed by atoms with E-state index in [9.17, 15) is 4.79 Å². The lowest BCUT2D eigenvalue weighted by Crippen LogP contribution is -2.46. The predicted molar refractivity (Wildman–Crippen MR) is 77.0 cm³/mol. The summed E-state index contributed by atoms with van der Waals surface area (Å²) in [6.07, 6.45) is 6.19. The smallest absolute Gasteiger partial charge is 0.254 e. The second-order valence-corrected chi connectivity index (χ2v) is 5.97. The summed E-state index contributed by atoms with van der Waals surface area (Å²) in [4.78, 5) is 14.8. The molecule has 1 aromatic rings. The summed E-state index contributed by atoms with van der Waals surface area (Å²) in [5.41, 5.74) is 8.42. The molecule has 2 N–H and O–H groups in total. The van der Waals surface area contributed by atoms with Gasteiger partial charge in [-0.25, -0.2) is 0 Å². The number of benzene rings is 1. The molecule has 0 bridgehead atoms. The van der Waals surface area contributed by atoms with Gasteiger partial charge in [0.15, 0.2) is 0 Å². The Labute approximate surface area is 114 Å². The van der Waals surface area contributed by atoms with Crippen molar-refractivity contribution in [2.75, 3.05) is 12.3 Å². The number of nitrogens with two attached hydrogens (primary N) is 1. The van der Waals surface area contributed by atoms with Crippen LogP contribution in [-0.2, 0) is 0 Å². The Morgan fingerprint density at radius 1 is 1.26 bits per heavy atom. The molecule has 3 nitrogen and oxygen atoms in total. The van der Waals surface area contributed by atoms with E-state index < -0.39 is 0 Å². The molecule has 1 saturated carbocycles. The molecule has 1 aliphatic heterocycles. The normalized spacial score (nSPS) is 26.3. The van der Waals surface area contributed by atoms with Crippen LogP contribution in [0.15, 0.2) is 18.2 Å². The summed E-state index contributed by atoms with van der Waals surface area (Å²) in [7, 11) is 0. The van der Waals surface area contributed by atoms with Crippen molar-refractivity contribution in [3.63, 3.8) is 0 Å². The maximum atomic E-state index is 12.7. The standard InChI is InChI=1S/C16H22N2O/c1-11-7-8-13(10-14(11)17)16(19)18-9-3-5-12-4-2-6-15(12)18/h7-8,10,12,15H,2-6,9,17H2,1H3. The van der Waals surface area contributed by atoms with Crippen molar-refractivity contribution in [3.8, 4) is 0 Å². The summed E-state index contributed by atoms with van der Waals surface area (Å²) in [6.45, 7) is 2.88. The third-order valence-corrected chi connectivity index (χ3v) is 4.78. The summed E-state index contributed by atoms with van der Waals surface area (Å²) in [5.74, 6) is 0.906. The molecule has 2 aliphatic rings. The maximum Gasteiger partial charge on any atom is 0.254 e. The molecular weight excluding hydrogens is 236 g/mol. The van der Waals surface area contributed by atoms with Gasteiger partial charge < -0.3 is 10.6 Å². The number of fused-ring (bicyclic) bond motifs is 1. The number of rotatable bonds is 1. The second kappa shape index (κ2) is 4.87. The lowest BCUT2D eigenvalue weighted by molar-refractivity contribution is 0.0548. The third kappa shape index (κ3) is 2.22. The monoisotopic (exact) mass is 258 g/mol. The first kappa shape index (κ1) is 12.5. The minimum Gasteiger partial charge on any atom is -0.398 e. The Morgan fingerprint density at radius 3 is 2.84 bits per heavy atom. The SMILES string of the molecule is Cc1ccc(C(=O)N2CCCC3CCCC32)cc1N. The molecule has 0 aromatic heterocycles. The van der Waals surface area contributed by atoms with E-state index in [1.54, 1.807) is 0 Å². The highest BCUT2D eigenvalue weighted by molar-refractivity contribution is 5.95. The number of anilines is 1. The van der Waals surface area contributed by atoms with Crippen LogP contribution in [0.4, 0.5) is 5.69 Å². The average Bonchev–Trinajstić information content (AvgIpc) is 2.89. The number of aryl methyl sites for hydroxylation is 1. The summed E-state index contributed by atoms with van der Waals surface area (Å²) in [6, 6.07) is 6.16. The van der Waals surface area contributed by atoms with Crippen LogP contribution < -0.4 is 5.73 Å². The van der Waals surface area contributed by atoms with Gasteiger partial charge in [0.2, 0.25) is 0 Å². The van der Waals surface area contributed by atoms with Gasteiger partial charge in [-0.05, 0) is 56.2 Å². The van der Waals surface area contributed by atoms with Gasteiger partial charge in [0.1, 0.15) is 0 Å². The molecule has 0 radical (unpaired) electrons. The summed E-state index contributed by atoms with van der Waals surface area (Å²) < 4.78 is 0. The van der Waals surface area contributed by atoms with Gasteiger partial charge >= 0.3 is 0 Å². The Hall–Kier alpha value is -1.51. The predicted octanol–water partition coefficient (Wildman–Crippen LogP) is 2.98. The number of amides is 1. The van der Waals surface area contributed by atoms with Crippen LogP contribution in [-0.4, -0.2) is 23.4 Å². The first-order chi connectivity index (χ1) is 9.16. The molecule has 2 unspecified atom stereocenters. The van der Waals surface area contributed by atoms with E-state index >= 15 is 0 Å². The summed E-state index contributed by atoms with van der Waals surface area (Å²) in [5, 5.41) is 0. The van der Waals surface area contributed by atoms with E-state index in [2.05, 4.69) is 4.90 Å². The highest BCUT2D eigenvalue weighted by Crippen LogP contribution is 2.37. The molecule has 2 atom stereocenters. The molecule has 3 heteroatoms. The number of carbonyl (C=O) groups excluding carboxylic acids is 1.